The zero-order valence-electron chi connectivity index (χ0n) is 13.3. The van der Waals surface area contributed by atoms with Gasteiger partial charge in [0.1, 0.15) is 0 Å². The summed E-state index contributed by atoms with van der Waals surface area (Å²) in [7, 11) is 0. The van der Waals surface area contributed by atoms with Gasteiger partial charge in [-0.2, -0.15) is 0 Å². The van der Waals surface area contributed by atoms with Crippen LogP contribution in [0.5, 0.6) is 0 Å². The van der Waals surface area contributed by atoms with E-state index in [9.17, 15) is 14.7 Å². The maximum atomic E-state index is 13.1. The van der Waals surface area contributed by atoms with E-state index in [4.69, 9.17) is 0 Å². The topological polar surface area (TPSA) is 57.6 Å². The third-order valence-electron chi connectivity index (χ3n) is 6.23. The highest BCUT2D eigenvalue weighted by Crippen LogP contribution is 2.49. The van der Waals surface area contributed by atoms with Crippen LogP contribution in [0.2, 0.25) is 0 Å². The predicted octanol–water partition coefficient (Wildman–Crippen LogP) is 2.71. The van der Waals surface area contributed by atoms with Crippen LogP contribution in [-0.2, 0) is 22.6 Å². The molecule has 122 valence electrons. The molecule has 4 aliphatic rings. The number of aliphatic carboxylic acids is 1. The second-order valence-corrected chi connectivity index (χ2v) is 7.34. The molecule has 1 aromatic carbocycles. The summed E-state index contributed by atoms with van der Waals surface area (Å²) in [5.74, 6) is -0.983. The Kier molecular flexibility index (Phi) is 3.63. The van der Waals surface area contributed by atoms with Crippen molar-refractivity contribution in [2.75, 3.05) is 6.54 Å². The Bertz CT molecular complexity index is 633. The van der Waals surface area contributed by atoms with Crippen molar-refractivity contribution in [3.63, 3.8) is 0 Å². The number of benzene rings is 1. The van der Waals surface area contributed by atoms with Crippen LogP contribution in [0.4, 0.5) is 0 Å². The molecular weight excluding hydrogens is 290 g/mol. The van der Waals surface area contributed by atoms with Gasteiger partial charge in [-0.25, -0.2) is 0 Å². The molecule has 1 amide bonds. The van der Waals surface area contributed by atoms with E-state index in [1.165, 1.54) is 11.1 Å². The average Bonchev–Trinajstić information content (AvgIpc) is 2.60. The second-order valence-electron chi connectivity index (χ2n) is 7.34. The van der Waals surface area contributed by atoms with Gasteiger partial charge in [-0.05, 0) is 55.1 Å². The largest absolute Gasteiger partial charge is 0.481 e. The third-order valence-corrected chi connectivity index (χ3v) is 6.23. The van der Waals surface area contributed by atoms with E-state index < -0.39 is 11.9 Å². The van der Waals surface area contributed by atoms with Crippen molar-refractivity contribution in [3.8, 4) is 0 Å². The zero-order chi connectivity index (χ0) is 16.0. The lowest BCUT2D eigenvalue weighted by molar-refractivity contribution is -0.162. The van der Waals surface area contributed by atoms with Gasteiger partial charge < -0.3 is 10.0 Å². The highest BCUT2D eigenvalue weighted by atomic mass is 16.4. The summed E-state index contributed by atoms with van der Waals surface area (Å²) >= 11 is 0. The van der Waals surface area contributed by atoms with Crippen LogP contribution in [-0.4, -0.2) is 28.4 Å². The maximum absolute atomic E-state index is 13.1. The Balaban J connectivity index is 1.58. The molecule has 2 atom stereocenters. The number of nitrogens with zero attached hydrogens (tertiary/aromatic N) is 1. The summed E-state index contributed by atoms with van der Waals surface area (Å²) in [6, 6.07) is 8.25. The number of carboxylic acids is 1. The molecule has 1 aromatic rings. The SMILES string of the molecule is O=C(O)[C@H]1C2CCC(CC2)[C@@H]1C(=O)N1CCc2ccccc2C1. The fraction of sp³-hybridized carbons (Fsp3) is 0.579. The lowest BCUT2D eigenvalue weighted by atomic mass is 9.58. The third kappa shape index (κ3) is 2.44. The molecule has 5 rings (SSSR count). The van der Waals surface area contributed by atoms with Crippen LogP contribution < -0.4 is 0 Å². The summed E-state index contributed by atoms with van der Waals surface area (Å²) in [5, 5.41) is 9.67. The van der Waals surface area contributed by atoms with E-state index in [0.717, 1.165) is 38.6 Å². The molecule has 1 aliphatic heterocycles. The van der Waals surface area contributed by atoms with E-state index in [1.54, 1.807) is 0 Å². The summed E-state index contributed by atoms with van der Waals surface area (Å²) < 4.78 is 0. The number of carboxylic acid groups (broad SMARTS) is 1. The van der Waals surface area contributed by atoms with E-state index in [1.807, 2.05) is 17.0 Å². The van der Waals surface area contributed by atoms with Gasteiger partial charge >= 0.3 is 5.97 Å². The van der Waals surface area contributed by atoms with Crippen LogP contribution in [0.3, 0.4) is 0 Å². The van der Waals surface area contributed by atoms with Crippen molar-refractivity contribution in [2.24, 2.45) is 23.7 Å². The first-order chi connectivity index (χ1) is 11.1. The molecule has 1 heterocycles. The van der Waals surface area contributed by atoms with Gasteiger partial charge in [0.25, 0.3) is 0 Å². The Morgan fingerprint density at radius 2 is 1.57 bits per heavy atom. The molecule has 2 bridgehead atoms. The molecule has 4 nitrogen and oxygen atoms in total. The van der Waals surface area contributed by atoms with Gasteiger partial charge in [0.15, 0.2) is 0 Å². The number of carbonyl (C=O) groups excluding carboxylic acids is 1. The Labute approximate surface area is 136 Å². The minimum Gasteiger partial charge on any atom is -0.481 e. The fourth-order valence-corrected chi connectivity index (χ4v) is 5.05. The molecule has 4 heteroatoms. The Hall–Kier alpha value is -1.84. The second kappa shape index (κ2) is 5.66. The van der Waals surface area contributed by atoms with E-state index in [2.05, 4.69) is 12.1 Å². The molecular formula is C19H23NO3. The molecule has 3 fully saturated rings. The highest BCUT2D eigenvalue weighted by molar-refractivity contribution is 5.86. The monoisotopic (exact) mass is 313 g/mol. The number of amides is 1. The summed E-state index contributed by atoms with van der Waals surface area (Å²) in [6.07, 6.45) is 4.88. The summed E-state index contributed by atoms with van der Waals surface area (Å²) in [5.41, 5.74) is 2.52. The van der Waals surface area contributed by atoms with Crippen molar-refractivity contribution in [2.45, 2.75) is 38.6 Å². The smallest absolute Gasteiger partial charge is 0.307 e. The maximum Gasteiger partial charge on any atom is 0.307 e. The molecule has 0 unspecified atom stereocenters. The van der Waals surface area contributed by atoms with E-state index in [-0.39, 0.29) is 23.7 Å². The molecule has 0 radical (unpaired) electrons. The first kappa shape index (κ1) is 14.7. The highest BCUT2D eigenvalue weighted by Gasteiger charge is 2.51. The van der Waals surface area contributed by atoms with Gasteiger partial charge in [0.05, 0.1) is 11.8 Å². The first-order valence-electron chi connectivity index (χ1n) is 8.73. The lowest BCUT2D eigenvalue weighted by Gasteiger charge is -2.47. The number of rotatable bonds is 2. The lowest BCUT2D eigenvalue weighted by Crippen LogP contribution is -2.52. The molecule has 0 saturated heterocycles. The van der Waals surface area contributed by atoms with Crippen molar-refractivity contribution >= 4 is 11.9 Å². The molecule has 3 aliphatic carbocycles. The number of hydrogen-bond donors (Lipinski definition) is 1. The molecule has 23 heavy (non-hydrogen) atoms. The standard InChI is InChI=1S/C19H23NO3/c21-18(20-10-9-12-3-1-2-4-15(12)11-20)16-13-5-7-14(8-6-13)17(16)19(22)23/h1-4,13-14,16-17H,5-11H2,(H,22,23)/t13?,14?,16-,17-/m0/s1. The molecule has 0 spiro atoms. The predicted molar refractivity (Wildman–Crippen MR) is 85.6 cm³/mol. The van der Waals surface area contributed by atoms with Crippen LogP contribution >= 0.6 is 0 Å². The van der Waals surface area contributed by atoms with Crippen LogP contribution in [0, 0.1) is 23.7 Å². The fourth-order valence-electron chi connectivity index (χ4n) is 5.05. The van der Waals surface area contributed by atoms with Crippen molar-refractivity contribution in [3.05, 3.63) is 35.4 Å². The van der Waals surface area contributed by atoms with Crippen molar-refractivity contribution < 1.29 is 14.7 Å². The van der Waals surface area contributed by atoms with Crippen LogP contribution in [0.25, 0.3) is 0 Å². The minimum atomic E-state index is -0.768. The molecule has 1 N–H and O–H groups in total. The van der Waals surface area contributed by atoms with E-state index in [0.29, 0.717) is 6.54 Å². The van der Waals surface area contributed by atoms with Crippen molar-refractivity contribution in [1.29, 1.82) is 0 Å². The molecule has 0 aromatic heterocycles. The van der Waals surface area contributed by atoms with Crippen LogP contribution in [0.1, 0.15) is 36.8 Å². The van der Waals surface area contributed by atoms with Gasteiger partial charge in [-0.3, -0.25) is 9.59 Å². The van der Waals surface area contributed by atoms with Gasteiger partial charge in [0.2, 0.25) is 5.91 Å². The number of carbonyl (C=O) groups is 2. The number of fused-ring (bicyclic) bond motifs is 4. The first-order valence-corrected chi connectivity index (χ1v) is 8.73. The quantitative estimate of drug-likeness (QED) is 0.913. The summed E-state index contributed by atoms with van der Waals surface area (Å²) in [6.45, 7) is 1.35. The average molecular weight is 313 g/mol. The summed E-state index contributed by atoms with van der Waals surface area (Å²) in [4.78, 5) is 26.8. The van der Waals surface area contributed by atoms with Crippen LogP contribution in [0.15, 0.2) is 24.3 Å². The number of hydrogen-bond acceptors (Lipinski definition) is 2. The van der Waals surface area contributed by atoms with E-state index >= 15 is 0 Å². The van der Waals surface area contributed by atoms with Gasteiger partial charge in [-0.1, -0.05) is 24.3 Å². The van der Waals surface area contributed by atoms with Gasteiger partial charge in [0, 0.05) is 13.1 Å². The molecule has 3 saturated carbocycles. The minimum absolute atomic E-state index is 0.0845. The van der Waals surface area contributed by atoms with Gasteiger partial charge in [-0.15, -0.1) is 0 Å². The Morgan fingerprint density at radius 3 is 2.22 bits per heavy atom. The van der Waals surface area contributed by atoms with Crippen molar-refractivity contribution in [1.82, 2.24) is 4.90 Å². The Morgan fingerprint density at radius 1 is 0.957 bits per heavy atom. The normalized spacial score (nSPS) is 32.4. The zero-order valence-corrected chi connectivity index (χ0v) is 13.3.